The van der Waals surface area contributed by atoms with Crippen molar-refractivity contribution in [1.82, 2.24) is 0 Å². The molecule has 1 aromatic carbocycles. The van der Waals surface area contributed by atoms with Crippen LogP contribution in [0.1, 0.15) is 26.3 Å². The van der Waals surface area contributed by atoms with E-state index >= 15 is 0 Å². The summed E-state index contributed by atoms with van der Waals surface area (Å²) in [5.74, 6) is 0.672. The number of ether oxygens (including phenoxy) is 1. The van der Waals surface area contributed by atoms with E-state index in [0.29, 0.717) is 12.3 Å². The highest BCUT2D eigenvalue weighted by atomic mass is 32.2. The SMILES string of the molecule is CC(C)(C)S(=O)(=O)CCOc1cccc(CN)c1. The van der Waals surface area contributed by atoms with E-state index in [1.165, 1.54) is 0 Å². The van der Waals surface area contributed by atoms with E-state index < -0.39 is 14.6 Å². The Balaban J connectivity index is 2.57. The minimum absolute atomic E-state index is 0.0172. The molecule has 4 nitrogen and oxygen atoms in total. The molecule has 0 saturated carbocycles. The fourth-order valence-corrected chi connectivity index (χ4v) is 2.25. The van der Waals surface area contributed by atoms with Crippen molar-refractivity contribution in [3.05, 3.63) is 29.8 Å². The van der Waals surface area contributed by atoms with Crippen LogP contribution in [-0.2, 0) is 16.4 Å². The molecule has 102 valence electrons. The summed E-state index contributed by atoms with van der Waals surface area (Å²) in [6.45, 7) is 5.68. The number of sulfone groups is 1. The summed E-state index contributed by atoms with van der Waals surface area (Å²) in [6, 6.07) is 7.36. The lowest BCUT2D eigenvalue weighted by atomic mass is 10.2. The third-order valence-electron chi connectivity index (χ3n) is 2.69. The third kappa shape index (κ3) is 3.99. The summed E-state index contributed by atoms with van der Waals surface area (Å²) in [7, 11) is -3.13. The maximum atomic E-state index is 11.9. The molecule has 2 N–H and O–H groups in total. The Morgan fingerprint density at radius 2 is 1.94 bits per heavy atom. The van der Waals surface area contributed by atoms with E-state index in [0.717, 1.165) is 5.56 Å². The van der Waals surface area contributed by atoms with E-state index in [1.807, 2.05) is 18.2 Å². The van der Waals surface area contributed by atoms with E-state index in [2.05, 4.69) is 0 Å². The highest BCUT2D eigenvalue weighted by Gasteiger charge is 2.28. The number of nitrogens with two attached hydrogens (primary N) is 1. The van der Waals surface area contributed by atoms with Crippen molar-refractivity contribution in [3.8, 4) is 5.75 Å². The monoisotopic (exact) mass is 271 g/mol. The van der Waals surface area contributed by atoms with Crippen molar-refractivity contribution in [2.75, 3.05) is 12.4 Å². The lowest BCUT2D eigenvalue weighted by Gasteiger charge is -2.19. The zero-order valence-electron chi connectivity index (χ0n) is 11.1. The smallest absolute Gasteiger partial charge is 0.158 e. The molecule has 0 aliphatic heterocycles. The first-order valence-corrected chi connectivity index (χ1v) is 7.55. The average Bonchev–Trinajstić information content (AvgIpc) is 2.27. The molecule has 0 spiro atoms. The average molecular weight is 271 g/mol. The predicted molar refractivity (Wildman–Crippen MR) is 73.4 cm³/mol. The van der Waals surface area contributed by atoms with Crippen LogP contribution >= 0.6 is 0 Å². The zero-order valence-corrected chi connectivity index (χ0v) is 12.0. The summed E-state index contributed by atoms with van der Waals surface area (Å²) in [5.41, 5.74) is 6.49. The fraction of sp³-hybridized carbons (Fsp3) is 0.538. The Morgan fingerprint density at radius 3 is 2.50 bits per heavy atom. The van der Waals surface area contributed by atoms with Gasteiger partial charge in [-0.05, 0) is 38.5 Å². The molecule has 0 heterocycles. The van der Waals surface area contributed by atoms with Crippen LogP contribution in [0, 0.1) is 0 Å². The molecule has 0 aliphatic carbocycles. The Labute approximate surface area is 109 Å². The minimum atomic E-state index is -3.13. The predicted octanol–water partition coefficient (Wildman–Crippen LogP) is 1.74. The molecule has 0 amide bonds. The van der Waals surface area contributed by atoms with Crippen LogP contribution in [0.4, 0.5) is 0 Å². The lowest BCUT2D eigenvalue weighted by Crippen LogP contribution is -2.32. The topological polar surface area (TPSA) is 69.4 Å². The van der Waals surface area contributed by atoms with Gasteiger partial charge >= 0.3 is 0 Å². The van der Waals surface area contributed by atoms with Gasteiger partial charge in [-0.1, -0.05) is 12.1 Å². The summed E-state index contributed by atoms with van der Waals surface area (Å²) >= 11 is 0. The maximum absolute atomic E-state index is 11.9. The Hall–Kier alpha value is -1.07. The van der Waals surface area contributed by atoms with Crippen LogP contribution in [0.25, 0.3) is 0 Å². The quantitative estimate of drug-likeness (QED) is 0.885. The van der Waals surface area contributed by atoms with Gasteiger partial charge in [0.2, 0.25) is 0 Å². The van der Waals surface area contributed by atoms with Gasteiger partial charge < -0.3 is 10.5 Å². The van der Waals surface area contributed by atoms with Crippen LogP contribution in [-0.4, -0.2) is 25.5 Å². The van der Waals surface area contributed by atoms with Crippen LogP contribution in [0.15, 0.2) is 24.3 Å². The number of rotatable bonds is 5. The molecule has 1 rings (SSSR count). The molecule has 0 unspecified atom stereocenters. The van der Waals surface area contributed by atoms with Crippen molar-refractivity contribution in [3.63, 3.8) is 0 Å². The third-order valence-corrected chi connectivity index (χ3v) is 5.26. The first-order valence-electron chi connectivity index (χ1n) is 5.90. The van der Waals surface area contributed by atoms with Gasteiger partial charge in [0.25, 0.3) is 0 Å². The van der Waals surface area contributed by atoms with Gasteiger partial charge in [0.1, 0.15) is 12.4 Å². The summed E-state index contributed by atoms with van der Waals surface area (Å²) in [6.07, 6.45) is 0. The Kier molecular flexibility index (Phi) is 4.76. The second kappa shape index (κ2) is 5.71. The lowest BCUT2D eigenvalue weighted by molar-refractivity contribution is 0.339. The first-order chi connectivity index (χ1) is 8.26. The van der Waals surface area contributed by atoms with Gasteiger partial charge in [-0.15, -0.1) is 0 Å². The van der Waals surface area contributed by atoms with Crippen molar-refractivity contribution in [2.24, 2.45) is 5.73 Å². The summed E-state index contributed by atoms with van der Waals surface area (Å²) < 4.78 is 28.4. The minimum Gasteiger partial charge on any atom is -0.493 e. The van der Waals surface area contributed by atoms with Crippen molar-refractivity contribution >= 4 is 9.84 Å². The molecule has 0 aliphatic rings. The molecule has 1 aromatic rings. The molecule has 0 bridgehead atoms. The number of hydrogen-bond acceptors (Lipinski definition) is 4. The highest BCUT2D eigenvalue weighted by Crippen LogP contribution is 2.17. The van der Waals surface area contributed by atoms with E-state index in [-0.39, 0.29) is 12.4 Å². The summed E-state index contributed by atoms with van der Waals surface area (Å²) in [4.78, 5) is 0. The van der Waals surface area contributed by atoms with Crippen molar-refractivity contribution < 1.29 is 13.2 Å². The van der Waals surface area contributed by atoms with Crippen molar-refractivity contribution in [1.29, 1.82) is 0 Å². The molecular weight excluding hydrogens is 250 g/mol. The molecule has 0 aromatic heterocycles. The second-order valence-corrected chi connectivity index (χ2v) is 7.99. The number of hydrogen-bond donors (Lipinski definition) is 1. The van der Waals surface area contributed by atoms with Gasteiger partial charge in [0.05, 0.1) is 10.5 Å². The van der Waals surface area contributed by atoms with E-state index in [4.69, 9.17) is 10.5 Å². The van der Waals surface area contributed by atoms with Gasteiger partial charge in [-0.25, -0.2) is 8.42 Å². The van der Waals surface area contributed by atoms with Gasteiger partial charge in [-0.3, -0.25) is 0 Å². The fourth-order valence-electron chi connectivity index (χ4n) is 1.34. The molecule has 0 saturated heterocycles. The van der Waals surface area contributed by atoms with E-state index in [1.54, 1.807) is 26.8 Å². The molecule has 5 heteroatoms. The van der Waals surface area contributed by atoms with Crippen LogP contribution in [0.2, 0.25) is 0 Å². The standard InChI is InChI=1S/C13H21NO3S/c1-13(2,3)18(15,16)8-7-17-12-6-4-5-11(9-12)10-14/h4-6,9H,7-8,10,14H2,1-3H3. The second-order valence-electron chi connectivity index (χ2n) is 5.13. The van der Waals surface area contributed by atoms with Gasteiger partial charge in [0, 0.05) is 6.54 Å². The summed E-state index contributed by atoms with van der Waals surface area (Å²) in [5, 5.41) is 0. The first kappa shape index (κ1) is 15.0. The number of benzene rings is 1. The van der Waals surface area contributed by atoms with Crippen LogP contribution < -0.4 is 10.5 Å². The van der Waals surface area contributed by atoms with Crippen LogP contribution in [0.3, 0.4) is 0 Å². The van der Waals surface area contributed by atoms with Crippen LogP contribution in [0.5, 0.6) is 5.75 Å². The van der Waals surface area contributed by atoms with Gasteiger partial charge in [-0.2, -0.15) is 0 Å². The Bertz CT molecular complexity index is 489. The van der Waals surface area contributed by atoms with Gasteiger partial charge in [0.15, 0.2) is 9.84 Å². The molecule has 0 fully saturated rings. The molecule has 0 radical (unpaired) electrons. The van der Waals surface area contributed by atoms with E-state index in [9.17, 15) is 8.42 Å². The largest absolute Gasteiger partial charge is 0.493 e. The van der Waals surface area contributed by atoms with Crippen molar-refractivity contribution in [2.45, 2.75) is 32.1 Å². The maximum Gasteiger partial charge on any atom is 0.158 e. The normalized spacial score (nSPS) is 12.4. The molecular formula is C13H21NO3S. The Morgan fingerprint density at radius 1 is 1.28 bits per heavy atom. The zero-order chi connectivity index (χ0) is 13.8. The highest BCUT2D eigenvalue weighted by molar-refractivity contribution is 7.92. The molecule has 0 atom stereocenters. The molecule has 18 heavy (non-hydrogen) atoms.